The molecule has 1 unspecified atom stereocenters. The van der Waals surface area contributed by atoms with Crippen LogP contribution in [0.25, 0.3) is 22.2 Å². The van der Waals surface area contributed by atoms with E-state index < -0.39 is 30.4 Å². The van der Waals surface area contributed by atoms with Gasteiger partial charge in [0.2, 0.25) is 6.79 Å². The number of carbonyl (C=O) groups is 2. The van der Waals surface area contributed by atoms with E-state index in [2.05, 4.69) is 28.7 Å². The van der Waals surface area contributed by atoms with Gasteiger partial charge < -0.3 is 24.2 Å². The van der Waals surface area contributed by atoms with Crippen LogP contribution in [0.4, 0.5) is 19.4 Å². The van der Waals surface area contributed by atoms with E-state index in [1.165, 1.54) is 64.2 Å². The fourth-order valence-corrected chi connectivity index (χ4v) is 11.3. The molecular weight excluding hydrogens is 807 g/mol. The zero-order valence-corrected chi connectivity index (χ0v) is 37.6. The predicted molar refractivity (Wildman–Crippen MR) is 238 cm³/mol. The Labute approximate surface area is 371 Å². The van der Waals surface area contributed by atoms with Gasteiger partial charge in [0.25, 0.3) is 0 Å². The largest absolute Gasteiger partial charge is 0.508 e. The highest BCUT2D eigenvalue weighted by molar-refractivity contribution is 5.92. The second-order valence-electron chi connectivity index (χ2n) is 19.1. The number of alkyl halides is 1. The van der Waals surface area contributed by atoms with Crippen molar-refractivity contribution in [3.63, 3.8) is 0 Å². The maximum atomic E-state index is 17.1. The number of anilines is 1. The van der Waals surface area contributed by atoms with E-state index in [1.54, 1.807) is 23.2 Å². The normalized spacial score (nSPS) is 24.0. The number of carbonyl (C=O) groups excluding carboxylic acids is 2. The van der Waals surface area contributed by atoms with Gasteiger partial charge in [-0.3, -0.25) is 19.6 Å². The standard InChI is InChI=1S/C49H68F2N6O6/c1-3-4-5-6-7-8-9-10-11-12-13-14-15-17-41(59)62-32-63-48(60)57-36-20-21-37(57)30-55(29-36)46-40-27-52-44(39-25-38(58)24-34-19-18-33(2)42(34)39)43(51)45(40)53-47(54-46)61-31-49-22-16-23-56(49)28-35(50)26-49/h24-25,27,33,35-37,58H,3-23,26,28-32H2,1-2H3/t33?,35-,36-,37+,49+/m1/s1. The first-order valence-corrected chi connectivity index (χ1v) is 24.2. The van der Waals surface area contributed by atoms with Crippen molar-refractivity contribution in [1.29, 1.82) is 0 Å². The van der Waals surface area contributed by atoms with Crippen molar-refractivity contribution in [2.24, 2.45) is 0 Å². The summed E-state index contributed by atoms with van der Waals surface area (Å²) in [5.74, 6) is -0.315. The Morgan fingerprint density at radius 1 is 0.905 bits per heavy atom. The molecule has 4 aliphatic heterocycles. The van der Waals surface area contributed by atoms with E-state index in [1.807, 2.05) is 4.90 Å². The summed E-state index contributed by atoms with van der Waals surface area (Å²) in [6.45, 7) is 6.10. The highest BCUT2D eigenvalue weighted by Crippen LogP contribution is 2.45. The number of hydrogen-bond acceptors (Lipinski definition) is 11. The molecule has 12 nitrogen and oxygen atoms in total. The highest BCUT2D eigenvalue weighted by atomic mass is 19.1. The minimum Gasteiger partial charge on any atom is -0.508 e. The van der Waals surface area contributed by atoms with Crippen LogP contribution >= 0.6 is 0 Å². The fourth-order valence-electron chi connectivity index (χ4n) is 11.3. The van der Waals surface area contributed by atoms with Gasteiger partial charge in [-0.15, -0.1) is 0 Å². The van der Waals surface area contributed by atoms with Crippen LogP contribution in [0.1, 0.15) is 159 Å². The van der Waals surface area contributed by atoms with Gasteiger partial charge in [-0.2, -0.15) is 9.97 Å². The summed E-state index contributed by atoms with van der Waals surface area (Å²) >= 11 is 0. The van der Waals surface area contributed by atoms with Gasteiger partial charge in [0.1, 0.15) is 35.6 Å². The van der Waals surface area contributed by atoms with Gasteiger partial charge >= 0.3 is 18.1 Å². The molecule has 1 amide bonds. The van der Waals surface area contributed by atoms with Crippen LogP contribution in [-0.4, -0.2) is 105 Å². The van der Waals surface area contributed by atoms with Crippen molar-refractivity contribution < 1.29 is 37.7 Å². The summed E-state index contributed by atoms with van der Waals surface area (Å²) < 4.78 is 48.9. The van der Waals surface area contributed by atoms with Crippen LogP contribution in [-0.2, 0) is 20.7 Å². The molecular formula is C49H68F2N6O6. The first-order valence-electron chi connectivity index (χ1n) is 24.2. The molecule has 0 saturated carbocycles. The number of benzene rings is 1. The lowest BCUT2D eigenvalue weighted by molar-refractivity contribution is -0.152. The summed E-state index contributed by atoms with van der Waals surface area (Å²) in [5.41, 5.74) is 2.22. The second kappa shape index (κ2) is 20.7. The van der Waals surface area contributed by atoms with Gasteiger partial charge in [0.15, 0.2) is 5.82 Å². The first kappa shape index (κ1) is 45.2. The van der Waals surface area contributed by atoms with E-state index >= 15 is 4.39 Å². The van der Waals surface area contributed by atoms with Gasteiger partial charge in [-0.25, -0.2) is 13.6 Å². The number of nitrogens with zero attached hydrogens (tertiary/aromatic N) is 6. The number of aryl methyl sites for hydroxylation is 1. The lowest BCUT2D eigenvalue weighted by Crippen LogP contribution is -2.56. The molecule has 344 valence electrons. The van der Waals surface area contributed by atoms with Crippen molar-refractivity contribution in [3.8, 4) is 23.0 Å². The molecule has 0 radical (unpaired) electrons. The number of esters is 1. The van der Waals surface area contributed by atoms with Gasteiger partial charge in [-0.1, -0.05) is 90.9 Å². The number of unbranched alkanes of at least 4 members (excludes halogenated alkanes) is 12. The average molecular weight is 875 g/mol. The minimum atomic E-state index is -0.932. The summed E-state index contributed by atoms with van der Waals surface area (Å²) in [4.78, 5) is 46.0. The van der Waals surface area contributed by atoms with Crippen LogP contribution in [0.3, 0.4) is 0 Å². The molecule has 5 aliphatic rings. The Bertz CT molecular complexity index is 2060. The molecule has 6 heterocycles. The Kier molecular flexibility index (Phi) is 14.8. The first-order chi connectivity index (χ1) is 30.6. The molecule has 3 aromatic rings. The number of amides is 1. The third kappa shape index (κ3) is 10.3. The molecule has 5 atom stereocenters. The minimum absolute atomic E-state index is 0.00129. The van der Waals surface area contributed by atoms with Crippen LogP contribution in [0.5, 0.6) is 11.8 Å². The maximum Gasteiger partial charge on any atom is 0.413 e. The van der Waals surface area contributed by atoms with Gasteiger partial charge in [0.05, 0.1) is 23.0 Å². The number of fused-ring (bicyclic) bond motifs is 5. The zero-order valence-electron chi connectivity index (χ0n) is 37.6. The number of halogens is 2. The molecule has 0 spiro atoms. The molecule has 1 aromatic carbocycles. The molecule has 4 saturated heterocycles. The quantitative estimate of drug-likeness (QED) is 0.0624. The second-order valence-corrected chi connectivity index (χ2v) is 19.1. The predicted octanol–water partition coefficient (Wildman–Crippen LogP) is 10.3. The number of phenols is 1. The topological polar surface area (TPSA) is 130 Å². The van der Waals surface area contributed by atoms with Crippen molar-refractivity contribution in [2.45, 2.75) is 178 Å². The lowest BCUT2D eigenvalue weighted by Gasteiger charge is -2.41. The number of phenolic OH excluding ortho intramolecular Hbond substituents is 1. The zero-order chi connectivity index (χ0) is 43.9. The number of rotatable bonds is 21. The molecule has 2 bridgehead atoms. The number of aromatic nitrogens is 3. The van der Waals surface area contributed by atoms with Crippen molar-refractivity contribution in [3.05, 3.63) is 35.3 Å². The van der Waals surface area contributed by atoms with Gasteiger partial charge in [-0.05, 0) is 80.7 Å². The monoisotopic (exact) mass is 875 g/mol. The molecule has 1 N–H and O–H groups in total. The molecule has 8 rings (SSSR count). The van der Waals surface area contributed by atoms with E-state index in [0.717, 1.165) is 75.5 Å². The third-order valence-corrected chi connectivity index (χ3v) is 14.6. The molecule has 63 heavy (non-hydrogen) atoms. The Hall–Kier alpha value is -4.33. The Balaban J connectivity index is 0.889. The Morgan fingerprint density at radius 2 is 1.60 bits per heavy atom. The fraction of sp³-hybridized carbons (Fsp3) is 0.694. The lowest BCUT2D eigenvalue weighted by atomic mass is 9.94. The molecule has 4 fully saturated rings. The molecule has 14 heteroatoms. The summed E-state index contributed by atoms with van der Waals surface area (Å²) in [6.07, 6.45) is 21.7. The highest BCUT2D eigenvalue weighted by Gasteiger charge is 2.50. The van der Waals surface area contributed by atoms with Crippen LogP contribution in [0.2, 0.25) is 0 Å². The summed E-state index contributed by atoms with van der Waals surface area (Å²) in [5, 5.41) is 11.1. The Morgan fingerprint density at radius 3 is 2.32 bits per heavy atom. The molecule has 2 aromatic heterocycles. The van der Waals surface area contributed by atoms with E-state index in [0.29, 0.717) is 49.2 Å². The van der Waals surface area contributed by atoms with E-state index in [-0.39, 0.29) is 53.5 Å². The SMILES string of the molecule is CCCCCCCCCCCCCCCC(=O)OCOC(=O)N1[C@@H]2CC[C@H]1CN(c1nc(OC[C@@]34CCCN3C[C@H](F)C4)nc3c(F)c(-c4cc(O)cc5c4C(C)CC5)ncc13)C2. The van der Waals surface area contributed by atoms with Crippen molar-refractivity contribution >= 4 is 28.8 Å². The summed E-state index contributed by atoms with van der Waals surface area (Å²) in [7, 11) is 0. The molecule has 1 aliphatic carbocycles. The van der Waals surface area contributed by atoms with Crippen LogP contribution < -0.4 is 9.64 Å². The number of piperazine rings is 1. The van der Waals surface area contributed by atoms with E-state index in [4.69, 9.17) is 19.2 Å². The van der Waals surface area contributed by atoms with Crippen LogP contribution in [0.15, 0.2) is 18.3 Å². The van der Waals surface area contributed by atoms with Gasteiger partial charge in [0, 0.05) is 44.2 Å². The maximum absolute atomic E-state index is 17.1. The average Bonchev–Trinajstić information content (AvgIpc) is 4.00. The third-order valence-electron chi connectivity index (χ3n) is 14.6. The number of aromatic hydroxyl groups is 1. The van der Waals surface area contributed by atoms with E-state index in [9.17, 15) is 19.1 Å². The number of pyridine rings is 1. The smallest absolute Gasteiger partial charge is 0.413 e. The number of ether oxygens (including phenoxy) is 3. The summed E-state index contributed by atoms with van der Waals surface area (Å²) in [6, 6.07) is 2.90. The van der Waals surface area contributed by atoms with Crippen molar-refractivity contribution in [2.75, 3.05) is 44.5 Å². The van der Waals surface area contributed by atoms with Crippen LogP contribution in [0, 0.1) is 5.82 Å². The number of hydrogen-bond donors (Lipinski definition) is 1. The van der Waals surface area contributed by atoms with Crippen molar-refractivity contribution in [1.82, 2.24) is 24.8 Å².